The number of hydrogen-bond acceptors (Lipinski definition) is 3. The molecular weight excluding hydrogens is 236 g/mol. The average Bonchev–Trinajstić information content (AvgIpc) is 2.86. The Kier molecular flexibility index (Phi) is 6.11. The van der Waals surface area contributed by atoms with Crippen molar-refractivity contribution in [3.8, 4) is 0 Å². The van der Waals surface area contributed by atoms with Gasteiger partial charge in [0.25, 0.3) is 0 Å². The molecule has 0 spiro atoms. The molecule has 19 heavy (non-hydrogen) atoms. The predicted octanol–water partition coefficient (Wildman–Crippen LogP) is 2.80. The Morgan fingerprint density at radius 2 is 1.95 bits per heavy atom. The summed E-state index contributed by atoms with van der Waals surface area (Å²) in [6.07, 6.45) is 8.60. The van der Waals surface area contributed by atoms with E-state index < -0.39 is 0 Å². The Morgan fingerprint density at radius 1 is 1.21 bits per heavy atom. The first kappa shape index (κ1) is 15.3. The molecule has 0 saturated carbocycles. The van der Waals surface area contributed by atoms with Gasteiger partial charge in [-0.3, -0.25) is 4.90 Å². The summed E-state index contributed by atoms with van der Waals surface area (Å²) in [6.45, 7) is 10.5. The minimum Gasteiger partial charge on any atom is -0.375 e. The largest absolute Gasteiger partial charge is 0.375 e. The second-order valence-electron chi connectivity index (χ2n) is 6.52. The van der Waals surface area contributed by atoms with Gasteiger partial charge in [-0.05, 0) is 59.0 Å². The molecule has 2 aliphatic heterocycles. The van der Waals surface area contributed by atoms with Gasteiger partial charge >= 0.3 is 0 Å². The summed E-state index contributed by atoms with van der Waals surface area (Å²) < 4.78 is 5.90. The van der Waals surface area contributed by atoms with Crippen LogP contribution in [0.2, 0.25) is 0 Å². The third-order valence-corrected chi connectivity index (χ3v) is 4.61. The number of hydrogen-bond donors (Lipinski definition) is 1. The predicted molar refractivity (Wildman–Crippen MR) is 80.5 cm³/mol. The molecule has 0 aromatic carbocycles. The maximum Gasteiger partial charge on any atom is 0.0565 e. The fourth-order valence-electron chi connectivity index (χ4n) is 3.65. The van der Waals surface area contributed by atoms with Gasteiger partial charge < -0.3 is 10.1 Å². The Hall–Kier alpha value is -0.120. The smallest absolute Gasteiger partial charge is 0.0565 e. The van der Waals surface area contributed by atoms with Crippen LogP contribution in [0.4, 0.5) is 0 Å². The minimum atomic E-state index is 0.425. The molecule has 0 aromatic rings. The van der Waals surface area contributed by atoms with Crippen molar-refractivity contribution in [1.29, 1.82) is 0 Å². The Bertz CT molecular complexity index is 243. The highest BCUT2D eigenvalue weighted by molar-refractivity contribution is 4.85. The lowest BCUT2D eigenvalue weighted by molar-refractivity contribution is -0.0663. The summed E-state index contributed by atoms with van der Waals surface area (Å²) in [5, 5.41) is 3.65. The van der Waals surface area contributed by atoms with E-state index in [0.717, 1.165) is 12.1 Å². The minimum absolute atomic E-state index is 0.425. The molecule has 1 N–H and O–H groups in total. The van der Waals surface area contributed by atoms with Crippen molar-refractivity contribution in [2.75, 3.05) is 19.6 Å². The quantitative estimate of drug-likeness (QED) is 0.801. The topological polar surface area (TPSA) is 24.5 Å². The van der Waals surface area contributed by atoms with Gasteiger partial charge in [0.05, 0.1) is 12.2 Å². The van der Waals surface area contributed by atoms with E-state index in [-0.39, 0.29) is 0 Å². The summed E-state index contributed by atoms with van der Waals surface area (Å²) >= 11 is 0. The fraction of sp³-hybridized carbons (Fsp3) is 1.00. The van der Waals surface area contributed by atoms with Crippen LogP contribution in [-0.2, 0) is 4.74 Å². The molecule has 3 heteroatoms. The third-order valence-electron chi connectivity index (χ3n) is 4.61. The van der Waals surface area contributed by atoms with Crippen molar-refractivity contribution in [1.82, 2.24) is 10.2 Å². The Balaban J connectivity index is 1.90. The van der Waals surface area contributed by atoms with Crippen LogP contribution in [0.3, 0.4) is 0 Å². The van der Waals surface area contributed by atoms with Crippen molar-refractivity contribution < 1.29 is 4.74 Å². The van der Waals surface area contributed by atoms with Crippen LogP contribution < -0.4 is 5.32 Å². The zero-order valence-corrected chi connectivity index (χ0v) is 13.0. The van der Waals surface area contributed by atoms with Crippen LogP contribution in [0, 0.1) is 0 Å². The molecule has 3 atom stereocenters. The summed E-state index contributed by atoms with van der Waals surface area (Å²) in [4.78, 5) is 2.75. The van der Waals surface area contributed by atoms with Gasteiger partial charge in [0.15, 0.2) is 0 Å². The van der Waals surface area contributed by atoms with Crippen LogP contribution in [0.5, 0.6) is 0 Å². The summed E-state index contributed by atoms with van der Waals surface area (Å²) in [5.41, 5.74) is 0. The molecule has 2 aliphatic rings. The molecule has 3 unspecified atom stereocenters. The second kappa shape index (κ2) is 7.61. The molecule has 2 heterocycles. The first-order chi connectivity index (χ1) is 9.19. The molecule has 0 aliphatic carbocycles. The van der Waals surface area contributed by atoms with Crippen LogP contribution in [0.25, 0.3) is 0 Å². The third kappa shape index (κ3) is 4.73. The molecule has 3 nitrogen and oxygen atoms in total. The first-order valence-corrected chi connectivity index (χ1v) is 8.32. The van der Waals surface area contributed by atoms with Crippen LogP contribution in [0.15, 0.2) is 0 Å². The van der Waals surface area contributed by atoms with E-state index in [1.165, 1.54) is 58.2 Å². The number of nitrogens with zero attached hydrogens (tertiary/aromatic N) is 1. The summed E-state index contributed by atoms with van der Waals surface area (Å²) in [7, 11) is 0. The molecule has 0 amide bonds. The van der Waals surface area contributed by atoms with Crippen molar-refractivity contribution in [3.05, 3.63) is 0 Å². The molecule has 2 rings (SSSR count). The van der Waals surface area contributed by atoms with E-state index in [4.69, 9.17) is 4.74 Å². The highest BCUT2D eigenvalue weighted by Gasteiger charge is 2.30. The first-order valence-electron chi connectivity index (χ1n) is 8.32. The molecule has 0 aromatic heterocycles. The van der Waals surface area contributed by atoms with Gasteiger partial charge in [0.2, 0.25) is 0 Å². The van der Waals surface area contributed by atoms with Crippen molar-refractivity contribution in [3.63, 3.8) is 0 Å². The van der Waals surface area contributed by atoms with Crippen LogP contribution in [0.1, 0.15) is 59.3 Å². The van der Waals surface area contributed by atoms with E-state index in [0.29, 0.717) is 12.2 Å². The number of unbranched alkanes of at least 4 members (excludes halogenated alkanes) is 1. The summed E-state index contributed by atoms with van der Waals surface area (Å²) in [5.74, 6) is 0. The van der Waals surface area contributed by atoms with Gasteiger partial charge in [0.1, 0.15) is 0 Å². The van der Waals surface area contributed by atoms with E-state index in [1.807, 2.05) is 0 Å². The van der Waals surface area contributed by atoms with Gasteiger partial charge in [0, 0.05) is 18.6 Å². The molecule has 2 saturated heterocycles. The lowest BCUT2D eigenvalue weighted by Crippen LogP contribution is -2.48. The van der Waals surface area contributed by atoms with E-state index >= 15 is 0 Å². The summed E-state index contributed by atoms with van der Waals surface area (Å²) in [6, 6.07) is 1.46. The standard InChI is InChI=1S/C16H32N2O/c1-4-5-9-18(12-15-7-6-8-17-15)16-10-13(2)19-14(3)11-16/h13-17H,4-12H2,1-3H3. The second-order valence-corrected chi connectivity index (χ2v) is 6.52. The molecule has 112 valence electrons. The maximum absolute atomic E-state index is 5.90. The Labute approximate surface area is 119 Å². The van der Waals surface area contributed by atoms with E-state index in [2.05, 4.69) is 31.0 Å². The lowest BCUT2D eigenvalue weighted by Gasteiger charge is -2.40. The number of rotatable bonds is 6. The zero-order chi connectivity index (χ0) is 13.7. The number of nitrogens with one attached hydrogen (secondary N) is 1. The van der Waals surface area contributed by atoms with E-state index in [9.17, 15) is 0 Å². The Morgan fingerprint density at radius 3 is 2.53 bits per heavy atom. The van der Waals surface area contributed by atoms with E-state index in [1.54, 1.807) is 0 Å². The van der Waals surface area contributed by atoms with Crippen LogP contribution in [-0.4, -0.2) is 48.8 Å². The maximum atomic E-state index is 5.90. The van der Waals surface area contributed by atoms with Crippen LogP contribution >= 0.6 is 0 Å². The normalized spacial score (nSPS) is 36.0. The van der Waals surface area contributed by atoms with Gasteiger partial charge in [-0.1, -0.05) is 13.3 Å². The lowest BCUT2D eigenvalue weighted by atomic mass is 9.97. The van der Waals surface area contributed by atoms with Gasteiger partial charge in [-0.15, -0.1) is 0 Å². The average molecular weight is 268 g/mol. The molecular formula is C16H32N2O. The zero-order valence-electron chi connectivity index (χ0n) is 13.0. The SMILES string of the molecule is CCCCN(CC1CCCN1)C1CC(C)OC(C)C1. The monoisotopic (exact) mass is 268 g/mol. The molecule has 0 bridgehead atoms. The number of ether oxygens (including phenoxy) is 1. The van der Waals surface area contributed by atoms with Gasteiger partial charge in [-0.2, -0.15) is 0 Å². The fourth-order valence-corrected chi connectivity index (χ4v) is 3.65. The van der Waals surface area contributed by atoms with Crippen molar-refractivity contribution >= 4 is 0 Å². The van der Waals surface area contributed by atoms with Crippen molar-refractivity contribution in [2.45, 2.75) is 83.6 Å². The molecule has 0 radical (unpaired) electrons. The molecule has 2 fully saturated rings. The highest BCUT2D eigenvalue weighted by atomic mass is 16.5. The van der Waals surface area contributed by atoms with Gasteiger partial charge in [-0.25, -0.2) is 0 Å². The highest BCUT2D eigenvalue weighted by Crippen LogP contribution is 2.24. The van der Waals surface area contributed by atoms with Crippen molar-refractivity contribution in [2.24, 2.45) is 0 Å².